The molecule has 0 bridgehead atoms. The van der Waals surface area contributed by atoms with Gasteiger partial charge < -0.3 is 9.63 Å². The number of aromatic nitrogens is 5. The van der Waals surface area contributed by atoms with E-state index in [9.17, 15) is 9.18 Å². The average Bonchev–Trinajstić information content (AvgIpc) is 3.10. The average molecular weight is 289 g/mol. The van der Waals surface area contributed by atoms with Gasteiger partial charge in [0.05, 0.1) is 6.20 Å². The van der Waals surface area contributed by atoms with Gasteiger partial charge in [-0.15, -0.1) is 5.10 Å². The molecule has 0 aliphatic carbocycles. The lowest BCUT2D eigenvalue weighted by molar-refractivity contribution is 0.0690. The van der Waals surface area contributed by atoms with E-state index < -0.39 is 5.97 Å². The number of benzene rings is 1. The van der Waals surface area contributed by atoms with Gasteiger partial charge in [0, 0.05) is 5.56 Å². The normalized spacial score (nSPS) is 10.7. The molecule has 0 saturated heterocycles. The van der Waals surface area contributed by atoms with Crippen LogP contribution >= 0.6 is 0 Å². The number of hydrogen-bond acceptors (Lipinski definition) is 6. The van der Waals surface area contributed by atoms with Crippen molar-refractivity contribution in [1.29, 1.82) is 0 Å². The lowest BCUT2D eigenvalue weighted by atomic mass is 10.2. The van der Waals surface area contributed by atoms with E-state index >= 15 is 0 Å². The van der Waals surface area contributed by atoms with Crippen LogP contribution in [0.2, 0.25) is 0 Å². The second-order valence-corrected chi connectivity index (χ2v) is 4.13. The van der Waals surface area contributed by atoms with Gasteiger partial charge in [-0.05, 0) is 24.3 Å². The zero-order chi connectivity index (χ0) is 14.8. The number of carbonyl (C=O) groups is 1. The molecule has 9 heteroatoms. The summed E-state index contributed by atoms with van der Waals surface area (Å²) in [7, 11) is 0. The molecule has 0 aliphatic heterocycles. The molecule has 2 heterocycles. The van der Waals surface area contributed by atoms with Crippen molar-refractivity contribution in [1.82, 2.24) is 25.1 Å². The van der Waals surface area contributed by atoms with E-state index in [1.807, 2.05) is 0 Å². The van der Waals surface area contributed by atoms with E-state index in [-0.39, 0.29) is 23.9 Å². The third-order valence-electron chi connectivity index (χ3n) is 2.63. The van der Waals surface area contributed by atoms with E-state index in [4.69, 9.17) is 9.63 Å². The van der Waals surface area contributed by atoms with Crippen LogP contribution in [-0.2, 0) is 6.54 Å². The van der Waals surface area contributed by atoms with Crippen molar-refractivity contribution in [3.05, 3.63) is 47.9 Å². The fraction of sp³-hybridized carbons (Fsp3) is 0.0833. The Bertz CT molecular complexity index is 780. The van der Waals surface area contributed by atoms with Crippen LogP contribution in [0.15, 0.2) is 35.0 Å². The maximum absolute atomic E-state index is 12.8. The number of carboxylic acids is 1. The zero-order valence-corrected chi connectivity index (χ0v) is 10.5. The topological polar surface area (TPSA) is 107 Å². The van der Waals surface area contributed by atoms with Crippen LogP contribution in [0.1, 0.15) is 16.4 Å². The molecule has 1 aromatic carbocycles. The van der Waals surface area contributed by atoms with Gasteiger partial charge in [-0.3, -0.25) is 0 Å². The molecule has 0 unspecified atom stereocenters. The maximum atomic E-state index is 12.8. The first-order valence-electron chi connectivity index (χ1n) is 5.84. The van der Waals surface area contributed by atoms with Crippen LogP contribution in [0.5, 0.6) is 0 Å². The van der Waals surface area contributed by atoms with Crippen molar-refractivity contribution >= 4 is 5.97 Å². The van der Waals surface area contributed by atoms with E-state index in [2.05, 4.69) is 20.5 Å². The van der Waals surface area contributed by atoms with E-state index in [1.54, 1.807) is 0 Å². The Morgan fingerprint density at radius 3 is 2.76 bits per heavy atom. The van der Waals surface area contributed by atoms with Crippen molar-refractivity contribution in [3.8, 4) is 11.4 Å². The molecule has 3 rings (SSSR count). The first-order valence-corrected chi connectivity index (χ1v) is 5.84. The predicted molar refractivity (Wildman–Crippen MR) is 65.8 cm³/mol. The number of aromatic carboxylic acids is 1. The number of carboxylic acid groups (broad SMARTS) is 1. The molecule has 0 fully saturated rings. The van der Waals surface area contributed by atoms with Gasteiger partial charge in [0.25, 0.3) is 0 Å². The number of rotatable bonds is 4. The highest BCUT2D eigenvalue weighted by Crippen LogP contribution is 2.16. The van der Waals surface area contributed by atoms with E-state index in [0.29, 0.717) is 11.4 Å². The molecule has 3 aromatic rings. The van der Waals surface area contributed by atoms with Crippen LogP contribution < -0.4 is 0 Å². The molecule has 106 valence electrons. The van der Waals surface area contributed by atoms with Crippen LogP contribution in [0.25, 0.3) is 11.4 Å². The minimum atomic E-state index is -1.17. The van der Waals surface area contributed by atoms with Gasteiger partial charge >= 0.3 is 5.97 Å². The van der Waals surface area contributed by atoms with Crippen LogP contribution in [0.3, 0.4) is 0 Å². The molecule has 21 heavy (non-hydrogen) atoms. The Kier molecular flexibility index (Phi) is 3.14. The summed E-state index contributed by atoms with van der Waals surface area (Å²) in [5, 5.41) is 19.6. The molecule has 0 amide bonds. The predicted octanol–water partition coefficient (Wildman–Crippen LogP) is 1.21. The summed E-state index contributed by atoms with van der Waals surface area (Å²) in [6.45, 7) is 0.0917. The fourth-order valence-corrected chi connectivity index (χ4v) is 1.65. The molecule has 0 radical (unpaired) electrons. The first kappa shape index (κ1) is 12.9. The van der Waals surface area contributed by atoms with Crippen molar-refractivity contribution in [2.24, 2.45) is 0 Å². The third-order valence-corrected chi connectivity index (χ3v) is 2.63. The van der Waals surface area contributed by atoms with Crippen LogP contribution in [0.4, 0.5) is 4.39 Å². The largest absolute Gasteiger partial charge is 0.476 e. The molecular formula is C12H8FN5O3. The summed E-state index contributed by atoms with van der Waals surface area (Å²) < 4.78 is 19.1. The quantitative estimate of drug-likeness (QED) is 0.769. The van der Waals surface area contributed by atoms with Crippen molar-refractivity contribution in [3.63, 3.8) is 0 Å². The molecular weight excluding hydrogens is 281 g/mol. The van der Waals surface area contributed by atoms with E-state index in [0.717, 1.165) is 0 Å². The lowest BCUT2D eigenvalue weighted by Crippen LogP contribution is -2.01. The van der Waals surface area contributed by atoms with Gasteiger partial charge in [-0.25, -0.2) is 13.9 Å². The standard InChI is InChI=1S/C12H8FN5O3/c13-8-3-1-7(2-4-8)11-14-10(21-16-11)6-18-5-9(12(19)20)15-17-18/h1-5H,6H2,(H,19,20). The molecule has 0 atom stereocenters. The van der Waals surface area contributed by atoms with Gasteiger partial charge in [-0.1, -0.05) is 10.4 Å². The smallest absolute Gasteiger partial charge is 0.358 e. The molecule has 2 aromatic heterocycles. The minimum Gasteiger partial charge on any atom is -0.476 e. The summed E-state index contributed by atoms with van der Waals surface area (Å²) in [6, 6.07) is 5.65. The van der Waals surface area contributed by atoms with Crippen LogP contribution in [0, 0.1) is 5.82 Å². The second-order valence-electron chi connectivity index (χ2n) is 4.13. The molecule has 0 spiro atoms. The summed E-state index contributed by atoms with van der Waals surface area (Å²) in [4.78, 5) is 14.8. The Morgan fingerprint density at radius 2 is 2.10 bits per heavy atom. The summed E-state index contributed by atoms with van der Waals surface area (Å²) in [6.07, 6.45) is 1.25. The Balaban J connectivity index is 1.78. The summed E-state index contributed by atoms with van der Waals surface area (Å²) in [5.41, 5.74) is 0.435. The monoisotopic (exact) mass is 289 g/mol. The first-order chi connectivity index (χ1) is 10.1. The Labute approximate surface area is 116 Å². The molecule has 8 nitrogen and oxygen atoms in total. The minimum absolute atomic E-state index is 0.0917. The molecule has 0 saturated carbocycles. The number of halogens is 1. The highest BCUT2D eigenvalue weighted by molar-refractivity contribution is 5.84. The Morgan fingerprint density at radius 1 is 1.33 bits per heavy atom. The van der Waals surface area contributed by atoms with Gasteiger partial charge in [0.15, 0.2) is 5.69 Å². The third kappa shape index (κ3) is 2.76. The summed E-state index contributed by atoms with van der Waals surface area (Å²) >= 11 is 0. The Hall–Kier alpha value is -3.10. The SMILES string of the molecule is O=C(O)c1cn(Cc2nc(-c3ccc(F)cc3)no2)nn1. The lowest BCUT2D eigenvalue weighted by Gasteiger charge is -1.93. The van der Waals surface area contributed by atoms with Crippen molar-refractivity contribution < 1.29 is 18.8 Å². The van der Waals surface area contributed by atoms with Gasteiger partial charge in [0.1, 0.15) is 12.4 Å². The van der Waals surface area contributed by atoms with E-state index in [1.165, 1.54) is 35.1 Å². The van der Waals surface area contributed by atoms with Gasteiger partial charge in [-0.2, -0.15) is 4.98 Å². The second kappa shape index (κ2) is 5.12. The molecule has 1 N–H and O–H groups in total. The zero-order valence-electron chi connectivity index (χ0n) is 10.5. The highest BCUT2D eigenvalue weighted by atomic mass is 19.1. The highest BCUT2D eigenvalue weighted by Gasteiger charge is 2.12. The van der Waals surface area contributed by atoms with Crippen molar-refractivity contribution in [2.75, 3.05) is 0 Å². The molecule has 0 aliphatic rings. The maximum Gasteiger partial charge on any atom is 0.358 e. The fourth-order valence-electron chi connectivity index (χ4n) is 1.65. The number of hydrogen-bond donors (Lipinski definition) is 1. The number of nitrogens with zero attached hydrogens (tertiary/aromatic N) is 5. The summed E-state index contributed by atoms with van der Waals surface area (Å²) in [5.74, 6) is -0.982. The van der Waals surface area contributed by atoms with Gasteiger partial charge in [0.2, 0.25) is 11.7 Å². The van der Waals surface area contributed by atoms with Crippen molar-refractivity contribution in [2.45, 2.75) is 6.54 Å². The van der Waals surface area contributed by atoms with Crippen LogP contribution in [-0.4, -0.2) is 36.2 Å².